The van der Waals surface area contributed by atoms with E-state index < -0.39 is 0 Å². The maximum absolute atomic E-state index is 2.60. The van der Waals surface area contributed by atoms with E-state index in [4.69, 9.17) is 0 Å². The zero-order valence-electron chi connectivity index (χ0n) is 31.3. The minimum Gasteiger partial charge on any atom is -0.0654 e. The molecule has 0 amide bonds. The summed E-state index contributed by atoms with van der Waals surface area (Å²) in [5.74, 6) is 0. The molecule has 0 radical (unpaired) electrons. The van der Waals surface area contributed by atoms with Crippen LogP contribution in [0.2, 0.25) is 0 Å². The molecule has 0 aliphatic rings. The second kappa shape index (κ2) is 24.3. The van der Waals surface area contributed by atoms with Crippen molar-refractivity contribution in [3.63, 3.8) is 0 Å². The van der Waals surface area contributed by atoms with Crippen LogP contribution in [0.25, 0.3) is 21.5 Å². The average molecular weight is 627 g/mol. The highest BCUT2D eigenvalue weighted by Gasteiger charge is 2.20. The van der Waals surface area contributed by atoms with Crippen molar-refractivity contribution in [2.24, 2.45) is 0 Å². The Kier molecular flexibility index (Phi) is 20.4. The van der Waals surface area contributed by atoms with Crippen LogP contribution in [0.5, 0.6) is 0 Å². The summed E-state index contributed by atoms with van der Waals surface area (Å²) in [5, 5.41) is 6.06. The molecule has 0 aliphatic carbocycles. The smallest absolute Gasteiger partial charge is 0.0140 e. The number of hydrogen-bond acceptors (Lipinski definition) is 0. The number of benzene rings is 3. The molecule has 3 aromatic carbocycles. The Morgan fingerprint density at radius 1 is 0.304 bits per heavy atom. The summed E-state index contributed by atoms with van der Waals surface area (Å²) in [6, 6.07) is 14.4. The fourth-order valence-electron chi connectivity index (χ4n) is 7.93. The molecule has 0 aliphatic heterocycles. The number of aryl methyl sites for hydroxylation is 2. The molecule has 0 saturated heterocycles. The first kappa shape index (κ1) is 38.6. The predicted octanol–water partition coefficient (Wildman–Crippen LogP) is 15.6. The Morgan fingerprint density at radius 2 is 0.565 bits per heavy atom. The van der Waals surface area contributed by atoms with Crippen molar-refractivity contribution in [3.8, 4) is 0 Å². The molecule has 0 unspecified atom stereocenters. The van der Waals surface area contributed by atoms with Crippen LogP contribution >= 0.6 is 0 Å². The van der Waals surface area contributed by atoms with Gasteiger partial charge in [-0.05, 0) is 107 Å². The van der Waals surface area contributed by atoms with Gasteiger partial charge in [0.15, 0.2) is 0 Å². The van der Waals surface area contributed by atoms with Crippen LogP contribution < -0.4 is 0 Å². The second-order valence-corrected chi connectivity index (χ2v) is 14.7. The van der Waals surface area contributed by atoms with Gasteiger partial charge in [0.05, 0.1) is 0 Å². The summed E-state index contributed by atoms with van der Waals surface area (Å²) in [6.45, 7) is 9.37. The highest BCUT2D eigenvalue weighted by atomic mass is 14.2. The van der Waals surface area contributed by atoms with Crippen molar-refractivity contribution in [1.29, 1.82) is 0 Å². The fourth-order valence-corrected chi connectivity index (χ4v) is 7.93. The van der Waals surface area contributed by atoms with Crippen molar-refractivity contribution in [2.45, 2.75) is 207 Å². The standard InChI is InChI=1S/C46H74/c1-5-9-13-17-18-19-20-21-22-23-24-28-36-44-42(34-26-15-11-7-3)41(33-25-14-10-6-2)43(35-27-16-12-8-4)45-37-39-31-29-30-32-40(39)38-46(44)45/h29-32,37-38H,5-28,33-36H2,1-4H3. The van der Waals surface area contributed by atoms with Crippen molar-refractivity contribution >= 4 is 21.5 Å². The van der Waals surface area contributed by atoms with Crippen LogP contribution in [0, 0.1) is 0 Å². The van der Waals surface area contributed by atoms with Crippen LogP contribution in [0.1, 0.15) is 204 Å². The third kappa shape index (κ3) is 13.4. The van der Waals surface area contributed by atoms with E-state index in [1.165, 1.54) is 191 Å². The van der Waals surface area contributed by atoms with Gasteiger partial charge >= 0.3 is 0 Å². The van der Waals surface area contributed by atoms with Gasteiger partial charge < -0.3 is 0 Å². The van der Waals surface area contributed by atoms with Crippen molar-refractivity contribution in [3.05, 3.63) is 58.7 Å². The first-order chi connectivity index (χ1) is 22.7. The largest absolute Gasteiger partial charge is 0.0654 e. The van der Waals surface area contributed by atoms with E-state index in [1.54, 1.807) is 33.0 Å². The highest BCUT2D eigenvalue weighted by Crippen LogP contribution is 2.38. The maximum atomic E-state index is 2.60. The second-order valence-electron chi connectivity index (χ2n) is 14.7. The van der Waals surface area contributed by atoms with Crippen LogP contribution in [0.3, 0.4) is 0 Å². The SMILES string of the molecule is CCCCCCCCCCCCCCc1c(CCCCCC)c(CCCCCC)c(CCCCCC)c2cc3ccccc3cc12. The molecule has 0 fully saturated rings. The van der Waals surface area contributed by atoms with Gasteiger partial charge in [-0.1, -0.05) is 180 Å². The Hall–Kier alpha value is -1.82. The van der Waals surface area contributed by atoms with Gasteiger partial charge in [-0.2, -0.15) is 0 Å². The van der Waals surface area contributed by atoms with Crippen molar-refractivity contribution in [1.82, 2.24) is 0 Å². The minimum atomic E-state index is 1.26. The normalized spacial score (nSPS) is 11.7. The molecule has 0 saturated carbocycles. The summed E-state index contributed by atoms with van der Waals surface area (Å²) in [6.07, 6.45) is 38.5. The van der Waals surface area contributed by atoms with Gasteiger partial charge in [-0.3, -0.25) is 0 Å². The molecule has 0 atom stereocenters. The van der Waals surface area contributed by atoms with Crippen molar-refractivity contribution < 1.29 is 0 Å². The van der Waals surface area contributed by atoms with E-state index in [-0.39, 0.29) is 0 Å². The lowest BCUT2D eigenvalue weighted by Crippen LogP contribution is -2.09. The van der Waals surface area contributed by atoms with E-state index in [9.17, 15) is 0 Å². The van der Waals surface area contributed by atoms with Crippen LogP contribution in [0.15, 0.2) is 36.4 Å². The molecular weight excluding hydrogens is 553 g/mol. The van der Waals surface area contributed by atoms with Crippen molar-refractivity contribution in [2.75, 3.05) is 0 Å². The lowest BCUT2D eigenvalue weighted by molar-refractivity contribution is 0.544. The first-order valence-corrected chi connectivity index (χ1v) is 20.7. The number of rotatable bonds is 28. The molecule has 0 spiro atoms. The predicted molar refractivity (Wildman–Crippen MR) is 210 cm³/mol. The Morgan fingerprint density at radius 3 is 0.891 bits per heavy atom. The molecule has 0 heteroatoms. The van der Waals surface area contributed by atoms with Gasteiger partial charge in [0, 0.05) is 0 Å². The molecule has 3 aromatic rings. The molecule has 258 valence electrons. The third-order valence-electron chi connectivity index (χ3n) is 10.8. The van der Waals surface area contributed by atoms with Gasteiger partial charge in [0.1, 0.15) is 0 Å². The molecular formula is C46H74. The van der Waals surface area contributed by atoms with Crippen LogP contribution in [0.4, 0.5) is 0 Å². The summed E-state index contributed by atoms with van der Waals surface area (Å²) < 4.78 is 0. The molecule has 0 bridgehead atoms. The van der Waals surface area contributed by atoms with Gasteiger partial charge in [0.25, 0.3) is 0 Å². The quantitative estimate of drug-likeness (QED) is 0.0555. The van der Waals surface area contributed by atoms with Gasteiger partial charge in [-0.15, -0.1) is 0 Å². The van der Waals surface area contributed by atoms with E-state index in [2.05, 4.69) is 64.1 Å². The summed E-state index contributed by atoms with van der Waals surface area (Å²) >= 11 is 0. The van der Waals surface area contributed by atoms with E-state index in [0.717, 1.165) is 0 Å². The lowest BCUT2D eigenvalue weighted by Gasteiger charge is -2.24. The number of unbranched alkanes of at least 4 members (excludes halogenated alkanes) is 20. The Bertz CT molecular complexity index is 1200. The van der Waals surface area contributed by atoms with E-state index >= 15 is 0 Å². The zero-order chi connectivity index (χ0) is 32.7. The van der Waals surface area contributed by atoms with E-state index in [0.29, 0.717) is 0 Å². The minimum absolute atomic E-state index is 1.26. The molecule has 0 aromatic heterocycles. The zero-order valence-corrected chi connectivity index (χ0v) is 31.3. The third-order valence-corrected chi connectivity index (χ3v) is 10.8. The number of fused-ring (bicyclic) bond motifs is 2. The highest BCUT2D eigenvalue weighted by molar-refractivity contribution is 6.02. The monoisotopic (exact) mass is 627 g/mol. The average Bonchev–Trinajstić information content (AvgIpc) is 3.08. The summed E-state index contributed by atoms with van der Waals surface area (Å²) in [5.41, 5.74) is 7.06. The summed E-state index contributed by atoms with van der Waals surface area (Å²) in [7, 11) is 0. The van der Waals surface area contributed by atoms with Crippen LogP contribution in [-0.4, -0.2) is 0 Å². The molecule has 0 heterocycles. The lowest BCUT2D eigenvalue weighted by atomic mass is 9.80. The topological polar surface area (TPSA) is 0 Å². The summed E-state index contributed by atoms with van der Waals surface area (Å²) in [4.78, 5) is 0. The van der Waals surface area contributed by atoms with Gasteiger partial charge in [-0.25, -0.2) is 0 Å². The fraction of sp³-hybridized carbons (Fsp3) is 0.696. The molecule has 3 rings (SSSR count). The Labute approximate surface area is 286 Å². The molecule has 0 N–H and O–H groups in total. The molecule has 0 nitrogen and oxygen atoms in total. The Balaban J connectivity index is 1.87. The first-order valence-electron chi connectivity index (χ1n) is 20.7. The van der Waals surface area contributed by atoms with Crippen LogP contribution in [-0.2, 0) is 25.7 Å². The van der Waals surface area contributed by atoms with E-state index in [1.807, 2.05) is 0 Å². The number of hydrogen-bond donors (Lipinski definition) is 0. The van der Waals surface area contributed by atoms with Gasteiger partial charge in [0.2, 0.25) is 0 Å². The molecule has 46 heavy (non-hydrogen) atoms. The maximum Gasteiger partial charge on any atom is -0.0140 e.